The number of benzene rings is 7. The minimum Gasteiger partial charge on any atom is -0.497 e. The second-order valence-electron chi connectivity index (χ2n) is 18.4. The Kier molecular flexibility index (Phi) is 21.6. The maximum Gasteiger partial charge on any atom is 0.407 e. The molecule has 410 valence electrons. The van der Waals surface area contributed by atoms with Gasteiger partial charge in [-0.25, -0.2) is 4.79 Å². The third-order valence-corrected chi connectivity index (χ3v) is 13.1. The molecule has 7 aromatic carbocycles. The Morgan fingerprint density at radius 2 is 0.756 bits per heavy atom. The minimum atomic E-state index is -1.67. The van der Waals surface area contributed by atoms with Gasteiger partial charge in [0.1, 0.15) is 53.0 Å². The molecule has 16 heteroatoms. The van der Waals surface area contributed by atoms with Gasteiger partial charge in [0.15, 0.2) is 11.6 Å². The Morgan fingerprint density at radius 1 is 0.449 bits per heavy atom. The van der Waals surface area contributed by atoms with Crippen LogP contribution < -0.4 is 41.5 Å². The van der Waals surface area contributed by atoms with Gasteiger partial charge in [0, 0.05) is 0 Å². The first-order valence-electron chi connectivity index (χ1n) is 25.3. The van der Waals surface area contributed by atoms with E-state index in [9.17, 15) is 24.6 Å². The van der Waals surface area contributed by atoms with Crippen molar-refractivity contribution in [1.82, 2.24) is 5.32 Å². The van der Waals surface area contributed by atoms with Crippen LogP contribution >= 0.6 is 0 Å². The van der Waals surface area contributed by atoms with E-state index in [4.69, 9.17) is 50.4 Å². The largest absolute Gasteiger partial charge is 0.497 e. The van der Waals surface area contributed by atoms with E-state index in [1.165, 1.54) is 13.8 Å². The molecule has 7 rings (SSSR count). The van der Waals surface area contributed by atoms with Crippen molar-refractivity contribution in [2.24, 2.45) is 17.2 Å². The lowest BCUT2D eigenvalue weighted by molar-refractivity contribution is -0.131. The third-order valence-electron chi connectivity index (χ3n) is 13.1. The van der Waals surface area contributed by atoms with Crippen LogP contribution in [0.1, 0.15) is 52.8 Å². The quantitative estimate of drug-likeness (QED) is 0.0310. The van der Waals surface area contributed by atoms with Gasteiger partial charge in [-0.15, -0.1) is 0 Å². The lowest BCUT2D eigenvalue weighted by Crippen LogP contribution is -2.54. The number of aliphatic hydroxyl groups excluding tert-OH is 2. The van der Waals surface area contributed by atoms with Crippen molar-refractivity contribution in [2.45, 2.75) is 68.0 Å². The molecule has 0 radical (unpaired) electrons. The molecule has 2 unspecified atom stereocenters. The Balaban J connectivity index is 0.000000261. The highest BCUT2D eigenvalue weighted by atomic mass is 16.6. The summed E-state index contributed by atoms with van der Waals surface area (Å²) in [5.41, 5.74) is 20.9. The number of carbonyl (C=O) groups is 3. The standard InChI is InChI=1S/C35H38N2O7.C27H32N2O5/c1-24(36)32(38)33(39)31(37-34(40)43-22-25-10-6-4-7-11-25)23-44-35(26-12-8-5-9-13-26,27-14-18-29(41-2)19-15-27)28-16-20-30(42-3)21-17-28;1-18(28)25(30)26(31)24(29)17-34-27(19-7-5-4-6-8-19,20-9-13-22(32-2)14-10-20)21-11-15-23(33-3)16-12-21/h4-21,24,31,33,39H,22-23,36H2,1-3H3,(H,37,40);4-16,18,24,26,31H,17,28-29H2,1-3H3/t24-,31+,33?;18-,24+,26?/m00/s1. The number of hydrogen-bond donors (Lipinski definition) is 6. The molecule has 0 aliphatic heterocycles. The highest BCUT2D eigenvalue weighted by Gasteiger charge is 2.42. The zero-order chi connectivity index (χ0) is 56.2. The third kappa shape index (κ3) is 14.5. The van der Waals surface area contributed by atoms with E-state index in [0.717, 1.165) is 38.9 Å². The van der Waals surface area contributed by atoms with E-state index >= 15 is 0 Å². The highest BCUT2D eigenvalue weighted by Crippen LogP contribution is 2.43. The minimum absolute atomic E-state index is 0.00321. The van der Waals surface area contributed by atoms with Gasteiger partial charge in [0.2, 0.25) is 0 Å². The van der Waals surface area contributed by atoms with Crippen LogP contribution in [0.5, 0.6) is 23.0 Å². The molecular weight excluding hydrogens is 993 g/mol. The molecule has 0 spiro atoms. The van der Waals surface area contributed by atoms with Crippen molar-refractivity contribution in [3.05, 3.63) is 227 Å². The van der Waals surface area contributed by atoms with Crippen LogP contribution in [-0.2, 0) is 41.6 Å². The van der Waals surface area contributed by atoms with Crippen molar-refractivity contribution >= 4 is 17.7 Å². The van der Waals surface area contributed by atoms with Gasteiger partial charge in [0.25, 0.3) is 0 Å². The topological polar surface area (TPSA) is 246 Å². The second kappa shape index (κ2) is 28.4. The monoisotopic (exact) mass is 1060 g/mol. The van der Waals surface area contributed by atoms with Crippen LogP contribution in [0.3, 0.4) is 0 Å². The number of ketones is 2. The first kappa shape index (κ1) is 59.3. The normalized spacial score (nSPS) is 13.7. The number of alkyl carbamates (subject to hydrolysis) is 1. The maximum atomic E-state index is 12.9. The number of nitrogens with one attached hydrogen (secondary N) is 1. The summed E-state index contributed by atoms with van der Waals surface area (Å²) in [5.74, 6) is 1.54. The van der Waals surface area contributed by atoms with E-state index in [2.05, 4.69) is 5.32 Å². The molecule has 0 aliphatic rings. The number of amides is 1. The number of carbonyl (C=O) groups excluding carboxylic acids is 3. The average molecular weight is 1060 g/mol. The van der Waals surface area contributed by atoms with Crippen molar-refractivity contribution in [1.29, 1.82) is 0 Å². The summed E-state index contributed by atoms with van der Waals surface area (Å²) in [6, 6.07) is 54.4. The number of Topliss-reactive ketones (excluding diaryl/α,β-unsaturated/α-hetero) is 2. The molecule has 16 nitrogen and oxygen atoms in total. The smallest absolute Gasteiger partial charge is 0.407 e. The Hall–Kier alpha value is -7.93. The summed E-state index contributed by atoms with van der Waals surface area (Å²) in [6.07, 6.45) is -3.93. The van der Waals surface area contributed by atoms with Gasteiger partial charge < -0.3 is 65.9 Å². The van der Waals surface area contributed by atoms with Crippen LogP contribution in [0.15, 0.2) is 188 Å². The molecule has 0 saturated carbocycles. The van der Waals surface area contributed by atoms with Crippen molar-refractivity contribution in [2.75, 3.05) is 41.7 Å². The fourth-order valence-electron chi connectivity index (χ4n) is 8.75. The van der Waals surface area contributed by atoms with Crippen LogP contribution in [-0.4, -0.2) is 106 Å². The van der Waals surface area contributed by atoms with E-state index in [0.29, 0.717) is 23.0 Å². The zero-order valence-electron chi connectivity index (χ0n) is 44.7. The zero-order valence-corrected chi connectivity index (χ0v) is 44.7. The molecule has 78 heavy (non-hydrogen) atoms. The SMILES string of the molecule is COc1ccc(C(OC[C@@H](N)C(O)C(=O)[C@H](C)N)(c2ccccc2)c2ccc(OC)cc2)cc1.COc1ccc(C(OC[C@@H](NC(=O)OCc2ccccc2)C(O)C(=O)[C@H](C)N)(c2ccccc2)c2ccc(OC)cc2)cc1. The summed E-state index contributed by atoms with van der Waals surface area (Å²) >= 11 is 0. The Labute approximate surface area is 456 Å². The fourth-order valence-corrected chi connectivity index (χ4v) is 8.75. The van der Waals surface area contributed by atoms with Gasteiger partial charge in [-0.1, -0.05) is 140 Å². The van der Waals surface area contributed by atoms with E-state index in [1.807, 2.05) is 188 Å². The van der Waals surface area contributed by atoms with Gasteiger partial charge in [-0.3, -0.25) is 9.59 Å². The summed E-state index contributed by atoms with van der Waals surface area (Å²) in [6.45, 7) is 2.60. The van der Waals surface area contributed by atoms with Gasteiger partial charge in [-0.2, -0.15) is 0 Å². The molecule has 0 fully saturated rings. The average Bonchev–Trinajstić information content (AvgIpc) is 3.61. The number of rotatable bonds is 25. The predicted molar refractivity (Wildman–Crippen MR) is 297 cm³/mol. The number of methoxy groups -OCH3 is 4. The molecule has 7 aromatic rings. The van der Waals surface area contributed by atoms with E-state index in [1.54, 1.807) is 28.4 Å². The fraction of sp³-hybridized carbons (Fsp3) is 0.274. The van der Waals surface area contributed by atoms with Crippen LogP contribution in [0.25, 0.3) is 0 Å². The van der Waals surface area contributed by atoms with Gasteiger partial charge >= 0.3 is 6.09 Å². The lowest BCUT2D eigenvalue weighted by Gasteiger charge is -2.38. The summed E-state index contributed by atoms with van der Waals surface area (Å²) in [4.78, 5) is 38.0. The number of aliphatic hydroxyl groups is 2. The Bertz CT molecular complexity index is 2830. The molecule has 0 aromatic heterocycles. The first-order valence-corrected chi connectivity index (χ1v) is 25.3. The van der Waals surface area contributed by atoms with E-state index < -0.39 is 65.2 Å². The molecule has 1 amide bonds. The molecular formula is C62H70N4O12. The Morgan fingerprint density at radius 3 is 1.09 bits per heavy atom. The second-order valence-corrected chi connectivity index (χ2v) is 18.4. The van der Waals surface area contributed by atoms with Crippen LogP contribution in [0, 0.1) is 0 Å². The summed E-state index contributed by atoms with van der Waals surface area (Å²) in [7, 11) is 6.39. The molecule has 0 bridgehead atoms. The summed E-state index contributed by atoms with van der Waals surface area (Å²) < 4.78 is 40.3. The maximum absolute atomic E-state index is 12.9. The predicted octanol–water partition coefficient (Wildman–Crippen LogP) is 7.20. The van der Waals surface area contributed by atoms with Crippen molar-refractivity contribution in [3.8, 4) is 23.0 Å². The lowest BCUT2D eigenvalue weighted by atomic mass is 9.80. The first-order chi connectivity index (χ1) is 37.6. The van der Waals surface area contributed by atoms with Crippen molar-refractivity contribution in [3.63, 3.8) is 0 Å². The molecule has 0 aliphatic carbocycles. The number of ether oxygens (including phenoxy) is 7. The molecule has 9 N–H and O–H groups in total. The van der Waals surface area contributed by atoms with Crippen LogP contribution in [0.4, 0.5) is 4.79 Å². The highest BCUT2D eigenvalue weighted by molar-refractivity contribution is 5.89. The van der Waals surface area contributed by atoms with Crippen molar-refractivity contribution < 1.29 is 57.8 Å². The molecule has 0 saturated heterocycles. The number of nitrogens with two attached hydrogens (primary N) is 3. The molecule has 6 atom stereocenters. The van der Waals surface area contributed by atoms with Gasteiger partial charge in [0.05, 0.1) is 65.8 Å². The number of hydrogen-bond acceptors (Lipinski definition) is 15. The molecule has 0 heterocycles. The summed E-state index contributed by atoms with van der Waals surface area (Å²) in [5, 5.41) is 24.2. The van der Waals surface area contributed by atoms with Crippen LogP contribution in [0.2, 0.25) is 0 Å². The van der Waals surface area contributed by atoms with E-state index in [-0.39, 0.29) is 19.8 Å². The van der Waals surface area contributed by atoms with Gasteiger partial charge in [-0.05, 0) is 101 Å².